The van der Waals surface area contributed by atoms with Gasteiger partial charge in [-0.05, 0) is 36.6 Å². The van der Waals surface area contributed by atoms with Crippen molar-refractivity contribution in [3.05, 3.63) is 65.7 Å². The van der Waals surface area contributed by atoms with E-state index >= 15 is 0 Å². The van der Waals surface area contributed by atoms with E-state index in [9.17, 15) is 15.0 Å². The second-order valence-electron chi connectivity index (χ2n) is 5.91. The molecule has 3 rings (SSSR count). The Bertz CT molecular complexity index is 665. The van der Waals surface area contributed by atoms with E-state index in [2.05, 4.69) is 5.32 Å². The first-order valence-electron chi connectivity index (χ1n) is 7.41. The maximum absolute atomic E-state index is 12.1. The molecule has 1 aliphatic carbocycles. The van der Waals surface area contributed by atoms with Gasteiger partial charge in [0.1, 0.15) is 5.75 Å². The summed E-state index contributed by atoms with van der Waals surface area (Å²) in [4.78, 5) is 12.1. The smallest absolute Gasteiger partial charge is 0.251 e. The van der Waals surface area contributed by atoms with Crippen molar-refractivity contribution in [3.63, 3.8) is 0 Å². The fourth-order valence-electron chi connectivity index (χ4n) is 2.70. The summed E-state index contributed by atoms with van der Waals surface area (Å²) in [5.41, 5.74) is 1.03. The van der Waals surface area contributed by atoms with E-state index in [0.717, 1.165) is 18.4 Å². The van der Waals surface area contributed by atoms with Gasteiger partial charge in [0, 0.05) is 17.5 Å². The molecule has 1 aliphatic rings. The molecule has 1 fully saturated rings. The number of rotatable bonds is 5. The summed E-state index contributed by atoms with van der Waals surface area (Å²) in [7, 11) is 0. The number of aromatic hydroxyl groups is 1. The number of hydrogen-bond acceptors (Lipinski definition) is 3. The molecule has 1 amide bonds. The van der Waals surface area contributed by atoms with E-state index in [1.165, 1.54) is 12.1 Å². The second-order valence-corrected chi connectivity index (χ2v) is 5.91. The minimum absolute atomic E-state index is 0.0677. The second kappa shape index (κ2) is 5.81. The minimum atomic E-state index is -0.571. The summed E-state index contributed by atoms with van der Waals surface area (Å²) >= 11 is 0. The van der Waals surface area contributed by atoms with Gasteiger partial charge in [0.2, 0.25) is 0 Å². The summed E-state index contributed by atoms with van der Waals surface area (Å²) in [6.45, 7) is 0.428. The molecule has 22 heavy (non-hydrogen) atoms. The van der Waals surface area contributed by atoms with Crippen LogP contribution in [0.25, 0.3) is 0 Å². The number of aliphatic hydroxyl groups is 1. The average molecular weight is 297 g/mol. The molecule has 0 aromatic heterocycles. The fraction of sp³-hybridized carbons (Fsp3) is 0.278. The topological polar surface area (TPSA) is 69.6 Å². The van der Waals surface area contributed by atoms with Crippen LogP contribution >= 0.6 is 0 Å². The first-order chi connectivity index (χ1) is 10.6. The van der Waals surface area contributed by atoms with Gasteiger partial charge in [0.25, 0.3) is 5.91 Å². The molecule has 1 atom stereocenters. The predicted octanol–water partition coefficient (Wildman–Crippen LogP) is 2.64. The van der Waals surface area contributed by atoms with Crippen LogP contribution in [0.15, 0.2) is 54.6 Å². The molecular weight excluding hydrogens is 278 g/mol. The van der Waals surface area contributed by atoms with E-state index in [1.807, 2.05) is 30.3 Å². The quantitative estimate of drug-likeness (QED) is 0.794. The Kier molecular flexibility index (Phi) is 3.86. The first kappa shape index (κ1) is 14.6. The molecule has 2 aromatic rings. The normalized spacial score (nSPS) is 16.8. The summed E-state index contributed by atoms with van der Waals surface area (Å²) in [6.07, 6.45) is 1.21. The number of aliphatic hydroxyl groups excluding tert-OH is 1. The van der Waals surface area contributed by atoms with Gasteiger partial charge in [-0.1, -0.05) is 36.4 Å². The van der Waals surface area contributed by atoms with Crippen LogP contribution in [0, 0.1) is 5.41 Å². The zero-order valence-corrected chi connectivity index (χ0v) is 12.2. The molecule has 0 heterocycles. The third-order valence-corrected chi connectivity index (χ3v) is 4.30. The van der Waals surface area contributed by atoms with Gasteiger partial charge in [-0.25, -0.2) is 0 Å². The molecule has 0 spiro atoms. The molecule has 114 valence electrons. The number of amides is 1. The predicted molar refractivity (Wildman–Crippen MR) is 83.5 cm³/mol. The van der Waals surface area contributed by atoms with Crippen molar-refractivity contribution in [2.45, 2.75) is 18.9 Å². The lowest BCUT2D eigenvalue weighted by atomic mass is 9.92. The Balaban J connectivity index is 1.65. The zero-order valence-electron chi connectivity index (χ0n) is 12.2. The highest BCUT2D eigenvalue weighted by Gasteiger charge is 2.49. The number of benzene rings is 2. The highest BCUT2D eigenvalue weighted by molar-refractivity contribution is 5.94. The highest BCUT2D eigenvalue weighted by atomic mass is 16.3. The van der Waals surface area contributed by atoms with Crippen molar-refractivity contribution < 1.29 is 15.0 Å². The van der Waals surface area contributed by atoms with Gasteiger partial charge >= 0.3 is 0 Å². The van der Waals surface area contributed by atoms with Crippen molar-refractivity contribution >= 4 is 5.91 Å². The maximum atomic E-state index is 12.1. The van der Waals surface area contributed by atoms with Gasteiger partial charge in [-0.2, -0.15) is 0 Å². The molecule has 4 heteroatoms. The molecule has 2 aromatic carbocycles. The highest BCUT2D eigenvalue weighted by Crippen LogP contribution is 2.54. The standard InChI is InChI=1S/C18H19NO3/c20-15-8-4-7-14(11-15)17(22)19-12-18(9-10-18)16(21)13-5-2-1-3-6-13/h1-8,11,16,20-21H,9-10,12H2,(H,19,22). The zero-order chi connectivity index (χ0) is 15.6. The van der Waals surface area contributed by atoms with E-state index in [0.29, 0.717) is 12.1 Å². The lowest BCUT2D eigenvalue weighted by Gasteiger charge is -2.23. The van der Waals surface area contributed by atoms with E-state index < -0.39 is 6.10 Å². The average Bonchev–Trinajstić information content (AvgIpc) is 3.34. The van der Waals surface area contributed by atoms with Gasteiger partial charge in [-0.3, -0.25) is 4.79 Å². The monoisotopic (exact) mass is 297 g/mol. The fourth-order valence-corrected chi connectivity index (χ4v) is 2.70. The maximum Gasteiger partial charge on any atom is 0.251 e. The lowest BCUT2D eigenvalue weighted by Crippen LogP contribution is -2.33. The Hall–Kier alpha value is -2.33. The van der Waals surface area contributed by atoms with Gasteiger partial charge in [0.05, 0.1) is 6.10 Å². The van der Waals surface area contributed by atoms with Crippen molar-refractivity contribution in [2.75, 3.05) is 6.54 Å². The van der Waals surface area contributed by atoms with Crippen LogP contribution < -0.4 is 5.32 Å². The molecule has 0 aliphatic heterocycles. The summed E-state index contributed by atoms with van der Waals surface area (Å²) in [5.74, 6) is -0.166. The van der Waals surface area contributed by atoms with Crippen LogP contribution in [0.1, 0.15) is 34.9 Å². The van der Waals surface area contributed by atoms with Crippen molar-refractivity contribution in [2.24, 2.45) is 5.41 Å². The number of carbonyl (C=O) groups excluding carboxylic acids is 1. The Labute approximate surface area is 129 Å². The third-order valence-electron chi connectivity index (χ3n) is 4.30. The van der Waals surface area contributed by atoms with Gasteiger partial charge in [-0.15, -0.1) is 0 Å². The molecule has 4 nitrogen and oxygen atoms in total. The van der Waals surface area contributed by atoms with E-state index in [4.69, 9.17) is 0 Å². The molecule has 3 N–H and O–H groups in total. The number of carbonyl (C=O) groups is 1. The number of phenols is 1. The SMILES string of the molecule is O=C(NCC1(C(O)c2ccccc2)CC1)c1cccc(O)c1. The molecule has 0 saturated heterocycles. The van der Waals surface area contributed by atoms with Crippen LogP contribution in [0.2, 0.25) is 0 Å². The largest absolute Gasteiger partial charge is 0.508 e. The van der Waals surface area contributed by atoms with Gasteiger partial charge in [0.15, 0.2) is 0 Å². The van der Waals surface area contributed by atoms with Crippen LogP contribution in [0.5, 0.6) is 5.75 Å². The Morgan fingerprint density at radius 1 is 1.14 bits per heavy atom. The third kappa shape index (κ3) is 2.97. The van der Waals surface area contributed by atoms with Gasteiger partial charge < -0.3 is 15.5 Å². The van der Waals surface area contributed by atoms with Crippen LogP contribution in [0.4, 0.5) is 0 Å². The molecule has 1 saturated carbocycles. The molecule has 0 radical (unpaired) electrons. The van der Waals surface area contributed by atoms with Crippen molar-refractivity contribution in [3.8, 4) is 5.75 Å². The van der Waals surface area contributed by atoms with Crippen LogP contribution in [0.3, 0.4) is 0 Å². The van der Waals surface area contributed by atoms with E-state index in [-0.39, 0.29) is 17.1 Å². The Morgan fingerprint density at radius 2 is 1.86 bits per heavy atom. The molecule has 0 bridgehead atoms. The van der Waals surface area contributed by atoms with Crippen LogP contribution in [-0.2, 0) is 0 Å². The van der Waals surface area contributed by atoms with Crippen molar-refractivity contribution in [1.82, 2.24) is 5.32 Å². The number of hydrogen-bond donors (Lipinski definition) is 3. The van der Waals surface area contributed by atoms with E-state index in [1.54, 1.807) is 12.1 Å². The lowest BCUT2D eigenvalue weighted by molar-refractivity contribution is 0.0807. The Morgan fingerprint density at radius 3 is 2.50 bits per heavy atom. The number of phenolic OH excluding ortho intramolecular Hbond substituents is 1. The summed E-state index contributed by atoms with van der Waals surface area (Å²) in [6, 6.07) is 15.8. The van der Waals surface area contributed by atoms with Crippen molar-refractivity contribution in [1.29, 1.82) is 0 Å². The molecule has 1 unspecified atom stereocenters. The summed E-state index contributed by atoms with van der Waals surface area (Å²) < 4.78 is 0. The minimum Gasteiger partial charge on any atom is -0.508 e. The molecular formula is C18H19NO3. The van der Waals surface area contributed by atoms with Crippen LogP contribution in [-0.4, -0.2) is 22.7 Å². The first-order valence-corrected chi connectivity index (χ1v) is 7.41. The summed E-state index contributed by atoms with van der Waals surface area (Å²) in [5, 5.41) is 22.8. The number of nitrogens with one attached hydrogen (secondary N) is 1.